The number of primary sulfonamides is 1. The Morgan fingerprint density at radius 3 is 2.32 bits per heavy atom. The van der Waals surface area contributed by atoms with Crippen LogP contribution in [0, 0.1) is 0 Å². The second-order valence-electron chi connectivity index (χ2n) is 5.97. The average molecular weight is 416 g/mol. The van der Waals surface area contributed by atoms with Crippen LogP contribution in [0.15, 0.2) is 47.4 Å². The van der Waals surface area contributed by atoms with Crippen molar-refractivity contribution in [2.24, 2.45) is 5.14 Å². The first kappa shape index (κ1) is 21.7. The van der Waals surface area contributed by atoms with E-state index < -0.39 is 27.7 Å². The van der Waals surface area contributed by atoms with Crippen LogP contribution in [0.2, 0.25) is 0 Å². The van der Waals surface area contributed by atoms with Crippen LogP contribution in [-0.4, -0.2) is 20.9 Å². The normalized spacial score (nSPS) is 11.9. The van der Waals surface area contributed by atoms with E-state index in [9.17, 15) is 26.4 Å². The molecule has 1 amide bonds. The van der Waals surface area contributed by atoms with Crippen molar-refractivity contribution in [1.82, 2.24) is 0 Å². The number of hydrogen-bond acceptors (Lipinski definition) is 4. The molecule has 6 nitrogen and oxygen atoms in total. The Hall–Kier alpha value is -2.59. The zero-order valence-electron chi connectivity index (χ0n) is 14.9. The minimum atomic E-state index is -4.56. The van der Waals surface area contributed by atoms with Gasteiger partial charge >= 0.3 is 6.18 Å². The molecule has 0 aliphatic carbocycles. The quantitative estimate of drug-likeness (QED) is 0.723. The van der Waals surface area contributed by atoms with Gasteiger partial charge in [0.2, 0.25) is 15.9 Å². The van der Waals surface area contributed by atoms with Crippen molar-refractivity contribution in [1.29, 1.82) is 0 Å². The summed E-state index contributed by atoms with van der Waals surface area (Å²) in [5.41, 5.74) is -0.536. The molecule has 3 N–H and O–H groups in total. The molecule has 2 aromatic rings. The predicted octanol–water partition coefficient (Wildman–Crippen LogP) is 3.32. The molecule has 0 aromatic heterocycles. The number of carbonyl (C=O) groups is 1. The van der Waals surface area contributed by atoms with Crippen molar-refractivity contribution in [2.75, 3.05) is 11.9 Å². The standard InChI is InChI=1S/C18H19F3N2O4S/c1-2-9-27-16-8-5-13(18(19,20)21)11-15(16)23-17(24)10-12-3-6-14(7-4-12)28(22,25)26/h3-8,11H,2,9-10H2,1H3,(H,23,24)(H2,22,25,26). The third-order valence-electron chi connectivity index (χ3n) is 3.66. The molecule has 0 saturated carbocycles. The summed E-state index contributed by atoms with van der Waals surface area (Å²) < 4.78 is 66.7. The molecule has 0 radical (unpaired) electrons. The average Bonchev–Trinajstić information content (AvgIpc) is 2.59. The van der Waals surface area contributed by atoms with Crippen molar-refractivity contribution in [3.8, 4) is 5.75 Å². The lowest BCUT2D eigenvalue weighted by Crippen LogP contribution is -2.17. The summed E-state index contributed by atoms with van der Waals surface area (Å²) in [6.45, 7) is 2.12. The topological polar surface area (TPSA) is 98.5 Å². The Morgan fingerprint density at radius 2 is 1.79 bits per heavy atom. The first-order valence-electron chi connectivity index (χ1n) is 8.26. The molecule has 0 bridgehead atoms. The highest BCUT2D eigenvalue weighted by atomic mass is 32.2. The fourth-order valence-electron chi connectivity index (χ4n) is 2.32. The lowest BCUT2D eigenvalue weighted by molar-refractivity contribution is -0.137. The van der Waals surface area contributed by atoms with Crippen molar-refractivity contribution >= 4 is 21.6 Å². The number of nitrogens with one attached hydrogen (secondary N) is 1. The summed E-state index contributed by atoms with van der Waals surface area (Å²) in [6.07, 6.45) is -4.09. The van der Waals surface area contributed by atoms with Crippen molar-refractivity contribution in [3.05, 3.63) is 53.6 Å². The van der Waals surface area contributed by atoms with Gasteiger partial charge in [0.25, 0.3) is 0 Å². The Bertz CT molecular complexity index is 942. The number of ether oxygens (including phenoxy) is 1. The predicted molar refractivity (Wildman–Crippen MR) is 97.4 cm³/mol. The van der Waals surface area contributed by atoms with E-state index in [1.54, 1.807) is 0 Å². The fraction of sp³-hybridized carbons (Fsp3) is 0.278. The van der Waals surface area contributed by atoms with Crippen LogP contribution < -0.4 is 15.2 Å². The summed E-state index contributed by atoms with van der Waals surface area (Å²) in [6, 6.07) is 8.16. The highest BCUT2D eigenvalue weighted by Gasteiger charge is 2.31. The van der Waals surface area contributed by atoms with Gasteiger partial charge in [0, 0.05) is 0 Å². The monoisotopic (exact) mass is 416 g/mol. The number of sulfonamides is 1. The van der Waals surface area contributed by atoms with E-state index in [1.807, 2.05) is 6.92 Å². The first-order chi connectivity index (χ1) is 13.0. The Morgan fingerprint density at radius 1 is 1.14 bits per heavy atom. The van der Waals surface area contributed by atoms with E-state index in [2.05, 4.69) is 5.32 Å². The minimum Gasteiger partial charge on any atom is -0.491 e. The van der Waals surface area contributed by atoms with Gasteiger partial charge in [-0.25, -0.2) is 13.6 Å². The molecule has 0 spiro atoms. The van der Waals surface area contributed by atoms with Crippen LogP contribution in [0.3, 0.4) is 0 Å². The first-order valence-corrected chi connectivity index (χ1v) is 9.81. The van der Waals surface area contributed by atoms with E-state index in [4.69, 9.17) is 9.88 Å². The maximum Gasteiger partial charge on any atom is 0.416 e. The summed E-state index contributed by atoms with van der Waals surface area (Å²) in [4.78, 5) is 12.2. The molecule has 0 unspecified atom stereocenters. The van der Waals surface area contributed by atoms with Crippen LogP contribution in [-0.2, 0) is 27.4 Å². The van der Waals surface area contributed by atoms with E-state index in [0.717, 1.165) is 18.2 Å². The molecular formula is C18H19F3N2O4S. The third-order valence-corrected chi connectivity index (χ3v) is 4.59. The lowest BCUT2D eigenvalue weighted by Gasteiger charge is -2.15. The van der Waals surface area contributed by atoms with Crippen LogP contribution in [0.4, 0.5) is 18.9 Å². The van der Waals surface area contributed by atoms with Gasteiger partial charge in [-0.3, -0.25) is 4.79 Å². The van der Waals surface area contributed by atoms with Crippen molar-refractivity contribution < 1.29 is 31.1 Å². The summed E-state index contributed by atoms with van der Waals surface area (Å²) in [5, 5.41) is 7.42. The molecule has 0 saturated heterocycles. The SMILES string of the molecule is CCCOc1ccc(C(F)(F)F)cc1NC(=O)Cc1ccc(S(N)(=O)=O)cc1. The van der Waals surface area contributed by atoms with Crippen molar-refractivity contribution in [2.45, 2.75) is 30.8 Å². The second kappa shape index (κ2) is 8.61. The van der Waals surface area contributed by atoms with E-state index in [1.165, 1.54) is 24.3 Å². The van der Waals surface area contributed by atoms with E-state index in [0.29, 0.717) is 12.0 Å². The minimum absolute atomic E-state index is 0.0885. The third kappa shape index (κ3) is 5.96. The van der Waals surface area contributed by atoms with Gasteiger partial charge in [-0.1, -0.05) is 19.1 Å². The number of halogens is 3. The lowest BCUT2D eigenvalue weighted by atomic mass is 10.1. The highest BCUT2D eigenvalue weighted by Crippen LogP contribution is 2.35. The summed E-state index contributed by atoms with van der Waals surface area (Å²) in [5.74, 6) is -0.447. The van der Waals surface area contributed by atoms with Gasteiger partial charge in [-0.15, -0.1) is 0 Å². The Balaban J connectivity index is 2.19. The molecule has 10 heteroatoms. The molecule has 0 aliphatic rings. The van der Waals surface area contributed by atoms with Gasteiger partial charge in [-0.2, -0.15) is 13.2 Å². The Labute approximate surface area is 160 Å². The number of nitrogens with two attached hydrogens (primary N) is 1. The van der Waals surface area contributed by atoms with Gasteiger partial charge in [0.1, 0.15) is 5.75 Å². The molecule has 0 fully saturated rings. The smallest absolute Gasteiger partial charge is 0.416 e. The highest BCUT2D eigenvalue weighted by molar-refractivity contribution is 7.89. The Kier molecular flexibility index (Phi) is 6.68. The van der Waals surface area contributed by atoms with Gasteiger partial charge in [0.05, 0.1) is 29.2 Å². The number of hydrogen-bond donors (Lipinski definition) is 2. The maximum atomic E-state index is 13.0. The zero-order valence-corrected chi connectivity index (χ0v) is 15.7. The van der Waals surface area contributed by atoms with Crippen LogP contribution in [0.1, 0.15) is 24.5 Å². The molecule has 2 aromatic carbocycles. The molecule has 0 heterocycles. The maximum absolute atomic E-state index is 13.0. The van der Waals surface area contributed by atoms with Crippen LogP contribution >= 0.6 is 0 Å². The van der Waals surface area contributed by atoms with E-state index in [-0.39, 0.29) is 29.4 Å². The van der Waals surface area contributed by atoms with E-state index >= 15 is 0 Å². The summed E-state index contributed by atoms with van der Waals surface area (Å²) >= 11 is 0. The van der Waals surface area contributed by atoms with Gasteiger partial charge < -0.3 is 10.1 Å². The largest absolute Gasteiger partial charge is 0.491 e. The number of rotatable bonds is 7. The molecule has 2 rings (SSSR count). The summed E-state index contributed by atoms with van der Waals surface area (Å²) in [7, 11) is -3.85. The molecule has 0 aliphatic heterocycles. The number of anilines is 1. The van der Waals surface area contributed by atoms with Crippen molar-refractivity contribution in [3.63, 3.8) is 0 Å². The molecule has 28 heavy (non-hydrogen) atoms. The molecular weight excluding hydrogens is 397 g/mol. The number of carbonyl (C=O) groups excluding carboxylic acids is 1. The molecule has 152 valence electrons. The fourth-order valence-corrected chi connectivity index (χ4v) is 2.83. The van der Waals surface area contributed by atoms with Gasteiger partial charge in [-0.05, 0) is 42.3 Å². The second-order valence-corrected chi connectivity index (χ2v) is 7.53. The number of amides is 1. The number of alkyl halides is 3. The van der Waals surface area contributed by atoms with Gasteiger partial charge in [0.15, 0.2) is 0 Å². The van der Waals surface area contributed by atoms with Crippen LogP contribution in [0.5, 0.6) is 5.75 Å². The number of benzene rings is 2. The van der Waals surface area contributed by atoms with Crippen LogP contribution in [0.25, 0.3) is 0 Å². The molecule has 0 atom stereocenters. The zero-order chi connectivity index (χ0) is 20.9.